The van der Waals surface area contributed by atoms with Crippen molar-refractivity contribution in [3.05, 3.63) is 57.7 Å². The van der Waals surface area contributed by atoms with E-state index in [4.69, 9.17) is 21.1 Å². The fourth-order valence-corrected chi connectivity index (χ4v) is 3.97. The molecular formula is C20H21ClN2O2. The second-order valence-electron chi connectivity index (χ2n) is 6.43. The quantitative estimate of drug-likeness (QED) is 0.732. The SMILES string of the molecule is COc1cc(OC)c(C2NCCc3c2[nH]c2ccc(C)cc32)cc1Cl. The van der Waals surface area contributed by atoms with Gasteiger partial charge in [-0.1, -0.05) is 23.2 Å². The highest BCUT2D eigenvalue weighted by atomic mass is 35.5. The largest absolute Gasteiger partial charge is 0.496 e. The van der Waals surface area contributed by atoms with Gasteiger partial charge in [0.25, 0.3) is 0 Å². The number of halogens is 1. The lowest BCUT2D eigenvalue weighted by atomic mass is 9.93. The Morgan fingerprint density at radius 2 is 1.88 bits per heavy atom. The Morgan fingerprint density at radius 1 is 1.08 bits per heavy atom. The molecule has 2 heterocycles. The zero-order chi connectivity index (χ0) is 17.6. The number of aryl methyl sites for hydroxylation is 1. The monoisotopic (exact) mass is 356 g/mol. The molecule has 0 spiro atoms. The van der Waals surface area contributed by atoms with Crippen molar-refractivity contribution >= 4 is 22.5 Å². The van der Waals surface area contributed by atoms with Crippen LogP contribution in [0.3, 0.4) is 0 Å². The molecule has 0 aliphatic carbocycles. The summed E-state index contributed by atoms with van der Waals surface area (Å²) in [6.07, 6.45) is 1.00. The van der Waals surface area contributed by atoms with Gasteiger partial charge < -0.3 is 19.8 Å². The summed E-state index contributed by atoms with van der Waals surface area (Å²) in [5, 5.41) is 5.48. The van der Waals surface area contributed by atoms with Gasteiger partial charge in [-0.05, 0) is 37.1 Å². The summed E-state index contributed by atoms with van der Waals surface area (Å²) in [7, 11) is 3.28. The van der Waals surface area contributed by atoms with E-state index in [0.717, 1.165) is 24.3 Å². The summed E-state index contributed by atoms with van der Waals surface area (Å²) >= 11 is 6.39. The third-order valence-corrected chi connectivity index (χ3v) is 5.22. The van der Waals surface area contributed by atoms with E-state index in [-0.39, 0.29) is 6.04 Å². The van der Waals surface area contributed by atoms with Crippen LogP contribution in [-0.4, -0.2) is 25.7 Å². The summed E-state index contributed by atoms with van der Waals surface area (Å²) < 4.78 is 10.9. The summed E-state index contributed by atoms with van der Waals surface area (Å²) in [4.78, 5) is 3.60. The van der Waals surface area contributed by atoms with Crippen LogP contribution in [0.4, 0.5) is 0 Å². The lowest BCUT2D eigenvalue weighted by Gasteiger charge is -2.26. The summed E-state index contributed by atoms with van der Waals surface area (Å²) in [6, 6.07) is 10.3. The molecule has 25 heavy (non-hydrogen) atoms. The Hall–Kier alpha value is -2.17. The lowest BCUT2D eigenvalue weighted by Crippen LogP contribution is -2.30. The van der Waals surface area contributed by atoms with Gasteiger partial charge in [0, 0.05) is 34.8 Å². The molecule has 1 aliphatic heterocycles. The van der Waals surface area contributed by atoms with Crippen molar-refractivity contribution in [3.63, 3.8) is 0 Å². The summed E-state index contributed by atoms with van der Waals surface area (Å²) in [5.74, 6) is 1.38. The molecule has 130 valence electrons. The normalized spacial score (nSPS) is 16.7. The Kier molecular flexibility index (Phi) is 4.10. The first kappa shape index (κ1) is 16.3. The Bertz CT molecular complexity index is 949. The fraction of sp³-hybridized carbons (Fsp3) is 0.300. The van der Waals surface area contributed by atoms with Gasteiger partial charge in [-0.15, -0.1) is 0 Å². The van der Waals surface area contributed by atoms with E-state index in [1.54, 1.807) is 14.2 Å². The fourth-order valence-electron chi connectivity index (χ4n) is 3.72. The van der Waals surface area contributed by atoms with Gasteiger partial charge >= 0.3 is 0 Å². The minimum absolute atomic E-state index is 0.00909. The van der Waals surface area contributed by atoms with Crippen molar-refractivity contribution in [3.8, 4) is 11.5 Å². The van der Waals surface area contributed by atoms with E-state index < -0.39 is 0 Å². The van der Waals surface area contributed by atoms with Gasteiger partial charge in [0.15, 0.2) is 0 Å². The molecule has 3 aromatic rings. The van der Waals surface area contributed by atoms with Crippen LogP contribution in [0.5, 0.6) is 11.5 Å². The Morgan fingerprint density at radius 3 is 2.64 bits per heavy atom. The van der Waals surface area contributed by atoms with Crippen LogP contribution in [0.1, 0.15) is 28.4 Å². The molecule has 0 saturated carbocycles. The van der Waals surface area contributed by atoms with Crippen LogP contribution in [0.2, 0.25) is 5.02 Å². The molecule has 0 amide bonds. The molecule has 1 unspecified atom stereocenters. The number of fused-ring (bicyclic) bond motifs is 3. The highest BCUT2D eigenvalue weighted by Gasteiger charge is 2.28. The predicted octanol–water partition coefficient (Wildman–Crippen LogP) is 4.38. The number of ether oxygens (including phenoxy) is 2. The first-order valence-electron chi connectivity index (χ1n) is 8.38. The van der Waals surface area contributed by atoms with Crippen molar-refractivity contribution < 1.29 is 9.47 Å². The van der Waals surface area contributed by atoms with Crippen LogP contribution in [0, 0.1) is 6.92 Å². The first-order chi connectivity index (χ1) is 12.1. The van der Waals surface area contributed by atoms with E-state index in [9.17, 15) is 0 Å². The smallest absolute Gasteiger partial charge is 0.141 e. The van der Waals surface area contributed by atoms with Crippen LogP contribution in [-0.2, 0) is 6.42 Å². The average molecular weight is 357 g/mol. The zero-order valence-electron chi connectivity index (χ0n) is 14.6. The maximum Gasteiger partial charge on any atom is 0.141 e. The molecule has 0 fully saturated rings. The highest BCUT2D eigenvalue weighted by molar-refractivity contribution is 6.32. The molecule has 0 bridgehead atoms. The molecule has 2 aromatic carbocycles. The third-order valence-electron chi connectivity index (χ3n) is 4.92. The standard InChI is InChI=1S/C20H21ClN2O2/c1-11-4-5-16-13(8-11)12-6-7-22-19(20(12)23-16)14-9-15(21)18(25-3)10-17(14)24-2/h4-5,8-10,19,22-23H,6-7H2,1-3H3. The molecule has 1 atom stereocenters. The second-order valence-corrected chi connectivity index (χ2v) is 6.84. The number of rotatable bonds is 3. The number of nitrogens with one attached hydrogen (secondary N) is 2. The Balaban J connectivity index is 1.89. The number of aromatic amines is 1. The highest BCUT2D eigenvalue weighted by Crippen LogP contribution is 2.41. The number of hydrogen-bond acceptors (Lipinski definition) is 3. The second kappa shape index (κ2) is 6.28. The van der Waals surface area contributed by atoms with E-state index in [1.807, 2.05) is 12.1 Å². The summed E-state index contributed by atoms with van der Waals surface area (Å²) in [6.45, 7) is 3.04. The maximum atomic E-state index is 6.39. The van der Waals surface area contributed by atoms with Gasteiger partial charge in [-0.2, -0.15) is 0 Å². The third kappa shape index (κ3) is 2.66. The number of benzene rings is 2. The van der Waals surface area contributed by atoms with E-state index in [2.05, 4.69) is 35.4 Å². The predicted molar refractivity (Wildman–Crippen MR) is 101 cm³/mol. The van der Waals surface area contributed by atoms with Crippen molar-refractivity contribution in [1.82, 2.24) is 10.3 Å². The minimum atomic E-state index is 0.00909. The molecule has 2 N–H and O–H groups in total. The molecule has 0 radical (unpaired) electrons. The maximum absolute atomic E-state index is 6.39. The molecule has 4 rings (SSSR count). The molecule has 0 saturated heterocycles. The molecule has 5 heteroatoms. The molecule has 4 nitrogen and oxygen atoms in total. The number of hydrogen-bond donors (Lipinski definition) is 2. The van der Waals surface area contributed by atoms with Crippen LogP contribution < -0.4 is 14.8 Å². The zero-order valence-corrected chi connectivity index (χ0v) is 15.3. The lowest BCUT2D eigenvalue weighted by molar-refractivity contribution is 0.386. The van der Waals surface area contributed by atoms with E-state index >= 15 is 0 Å². The van der Waals surface area contributed by atoms with Gasteiger partial charge in [0.05, 0.1) is 25.3 Å². The first-order valence-corrected chi connectivity index (χ1v) is 8.76. The van der Waals surface area contributed by atoms with Crippen LogP contribution in [0.15, 0.2) is 30.3 Å². The van der Waals surface area contributed by atoms with Crippen molar-refractivity contribution in [2.75, 3.05) is 20.8 Å². The van der Waals surface area contributed by atoms with Gasteiger partial charge in [-0.3, -0.25) is 0 Å². The average Bonchev–Trinajstić information content (AvgIpc) is 2.99. The number of H-pyrrole nitrogens is 1. The number of aromatic nitrogens is 1. The topological polar surface area (TPSA) is 46.3 Å². The van der Waals surface area contributed by atoms with Crippen molar-refractivity contribution in [2.45, 2.75) is 19.4 Å². The van der Waals surface area contributed by atoms with Crippen LogP contribution in [0.25, 0.3) is 10.9 Å². The summed E-state index contributed by atoms with van der Waals surface area (Å²) in [5.41, 5.74) is 6.01. The van der Waals surface area contributed by atoms with E-state index in [0.29, 0.717) is 10.8 Å². The van der Waals surface area contributed by atoms with Crippen LogP contribution >= 0.6 is 11.6 Å². The molecule has 1 aromatic heterocycles. The van der Waals surface area contributed by atoms with Gasteiger partial charge in [0.1, 0.15) is 11.5 Å². The van der Waals surface area contributed by atoms with Crippen molar-refractivity contribution in [2.24, 2.45) is 0 Å². The van der Waals surface area contributed by atoms with Crippen molar-refractivity contribution in [1.29, 1.82) is 0 Å². The minimum Gasteiger partial charge on any atom is -0.496 e. The molecular weight excluding hydrogens is 336 g/mol. The number of methoxy groups -OCH3 is 2. The van der Waals surface area contributed by atoms with Gasteiger partial charge in [-0.25, -0.2) is 0 Å². The Labute approximate surface area is 152 Å². The van der Waals surface area contributed by atoms with E-state index in [1.165, 1.54) is 27.7 Å². The molecule has 1 aliphatic rings. The van der Waals surface area contributed by atoms with Gasteiger partial charge in [0.2, 0.25) is 0 Å².